The van der Waals surface area contributed by atoms with E-state index in [9.17, 15) is 23.1 Å². The van der Waals surface area contributed by atoms with Crippen molar-refractivity contribution in [1.29, 1.82) is 0 Å². The third-order valence-electron chi connectivity index (χ3n) is 7.79. The van der Waals surface area contributed by atoms with Crippen LogP contribution in [0.5, 0.6) is 5.75 Å². The highest BCUT2D eigenvalue weighted by Gasteiger charge is 2.35. The maximum atomic E-state index is 13.7. The highest BCUT2D eigenvalue weighted by Crippen LogP contribution is 2.36. The van der Waals surface area contributed by atoms with E-state index in [4.69, 9.17) is 16.3 Å². The molecule has 3 N–H and O–H groups in total. The molecule has 0 unspecified atom stereocenters. The number of fused-ring (bicyclic) bond motifs is 1. The van der Waals surface area contributed by atoms with E-state index in [0.717, 1.165) is 25.7 Å². The van der Waals surface area contributed by atoms with Crippen LogP contribution in [0.2, 0.25) is 5.02 Å². The van der Waals surface area contributed by atoms with Crippen molar-refractivity contribution in [2.24, 2.45) is 5.92 Å². The number of nitrogens with one attached hydrogen (secondary N) is 2. The fraction of sp³-hybridized carbons (Fsp3) is 0.517. The van der Waals surface area contributed by atoms with E-state index in [0.29, 0.717) is 5.02 Å². The predicted octanol–water partition coefficient (Wildman–Crippen LogP) is 4.34. The van der Waals surface area contributed by atoms with Crippen molar-refractivity contribution < 1.29 is 27.9 Å². The number of nitrogens with zero attached hydrogens (tertiary/aromatic N) is 2. The molecule has 12 heteroatoms. The molecule has 0 spiro atoms. The van der Waals surface area contributed by atoms with Crippen LogP contribution < -0.4 is 14.8 Å². The maximum absolute atomic E-state index is 13.7. The Bertz CT molecular complexity index is 1330. The van der Waals surface area contributed by atoms with Gasteiger partial charge in [-0.3, -0.25) is 9.52 Å². The summed E-state index contributed by atoms with van der Waals surface area (Å²) in [6.07, 6.45) is 4.69. The Morgan fingerprint density at radius 2 is 1.85 bits per heavy atom. The Kier molecular flexibility index (Phi) is 10.0. The third-order valence-corrected chi connectivity index (χ3v) is 9.43. The Balaban J connectivity index is 1.66. The first-order valence-corrected chi connectivity index (χ1v) is 15.9. The van der Waals surface area contributed by atoms with Crippen LogP contribution in [0.3, 0.4) is 0 Å². The van der Waals surface area contributed by atoms with Crippen molar-refractivity contribution in [3.63, 3.8) is 0 Å². The second kappa shape index (κ2) is 13.3. The molecule has 1 saturated carbocycles. The lowest BCUT2D eigenvalue weighted by molar-refractivity contribution is 0.0368. The number of ether oxygens (including phenoxy) is 1. The molecule has 41 heavy (non-hydrogen) atoms. The van der Waals surface area contributed by atoms with E-state index in [1.54, 1.807) is 35.9 Å². The van der Waals surface area contributed by atoms with Crippen LogP contribution in [0.4, 0.5) is 10.5 Å². The number of hydrogen-bond donors (Lipinski definition) is 3. The summed E-state index contributed by atoms with van der Waals surface area (Å²) in [4.78, 5) is 29.9. The molecule has 224 valence electrons. The minimum Gasteiger partial charge on any atom is -0.485 e. The first kappa shape index (κ1) is 30.9. The number of benzene rings is 2. The van der Waals surface area contributed by atoms with Crippen molar-refractivity contribution in [1.82, 2.24) is 15.1 Å². The molecule has 1 aliphatic carbocycles. The highest BCUT2D eigenvalue weighted by molar-refractivity contribution is 7.92. The second-order valence-electron chi connectivity index (χ2n) is 11.0. The number of carbonyl (C=O) groups is 2. The zero-order valence-electron chi connectivity index (χ0n) is 23.7. The number of hydrogen-bond acceptors (Lipinski definition) is 6. The fourth-order valence-electron chi connectivity index (χ4n) is 5.24. The molecule has 0 saturated heterocycles. The molecule has 10 nitrogen and oxygen atoms in total. The molecule has 2 aliphatic rings. The number of sulfonamides is 1. The normalized spacial score (nSPS) is 20.7. The summed E-state index contributed by atoms with van der Waals surface area (Å²) < 4.78 is 35.5. The molecule has 1 fully saturated rings. The first-order chi connectivity index (χ1) is 19.5. The quantitative estimate of drug-likeness (QED) is 0.410. The van der Waals surface area contributed by atoms with Gasteiger partial charge in [-0.25, -0.2) is 13.2 Å². The summed E-state index contributed by atoms with van der Waals surface area (Å²) in [7, 11) is -2.35. The molecule has 3 amide bonds. The van der Waals surface area contributed by atoms with Gasteiger partial charge in [-0.05, 0) is 56.2 Å². The van der Waals surface area contributed by atoms with Crippen LogP contribution in [0.25, 0.3) is 0 Å². The second-order valence-corrected chi connectivity index (χ2v) is 13.1. The SMILES string of the molecule is C[C@H]1CN([C@@H](C)CO)C(=O)c2cccc(NS(=O)(=O)c3ccc(Cl)cc3)c2O[C@H]1CN(C)C(=O)NC1CCCCC1. The molecule has 0 aromatic heterocycles. The molecule has 0 radical (unpaired) electrons. The summed E-state index contributed by atoms with van der Waals surface area (Å²) in [6.45, 7) is 3.90. The van der Waals surface area contributed by atoms with E-state index in [2.05, 4.69) is 10.0 Å². The van der Waals surface area contributed by atoms with Gasteiger partial charge in [-0.1, -0.05) is 43.9 Å². The number of anilines is 1. The molecule has 4 rings (SSSR count). The van der Waals surface area contributed by atoms with E-state index in [1.807, 2.05) is 6.92 Å². The Hall–Kier alpha value is -3.02. The van der Waals surface area contributed by atoms with Crippen molar-refractivity contribution in [2.75, 3.05) is 31.5 Å². The average molecular weight is 607 g/mol. The lowest BCUT2D eigenvalue weighted by Crippen LogP contribution is -2.52. The van der Waals surface area contributed by atoms with Crippen molar-refractivity contribution in [3.05, 3.63) is 53.1 Å². The molecule has 2 aromatic carbocycles. The molecular weight excluding hydrogens is 568 g/mol. The van der Waals surface area contributed by atoms with E-state index >= 15 is 0 Å². The van der Waals surface area contributed by atoms with E-state index in [-0.39, 0.29) is 65.5 Å². The lowest BCUT2D eigenvalue weighted by Gasteiger charge is -2.38. The third kappa shape index (κ3) is 7.44. The largest absolute Gasteiger partial charge is 0.485 e. The number of halogens is 1. The summed E-state index contributed by atoms with van der Waals surface area (Å²) in [6, 6.07) is 9.86. The fourth-order valence-corrected chi connectivity index (χ4v) is 6.43. The number of rotatable bonds is 8. The topological polar surface area (TPSA) is 128 Å². The summed E-state index contributed by atoms with van der Waals surface area (Å²) in [5, 5.41) is 13.4. The van der Waals surface area contributed by atoms with E-state index < -0.39 is 22.2 Å². The van der Waals surface area contributed by atoms with E-state index in [1.165, 1.54) is 36.8 Å². The molecule has 1 heterocycles. The smallest absolute Gasteiger partial charge is 0.317 e. The predicted molar refractivity (Wildman–Crippen MR) is 158 cm³/mol. The molecular formula is C29H39ClN4O6S. The van der Waals surface area contributed by atoms with Gasteiger partial charge < -0.3 is 25.0 Å². The molecule has 0 bridgehead atoms. The molecule has 3 atom stereocenters. The van der Waals surface area contributed by atoms with Crippen molar-refractivity contribution in [2.45, 2.75) is 69.0 Å². The minimum atomic E-state index is -4.05. The number of carbonyl (C=O) groups excluding carboxylic acids is 2. The zero-order chi connectivity index (χ0) is 29.7. The van der Waals surface area contributed by atoms with Crippen LogP contribution in [-0.4, -0.2) is 80.2 Å². The first-order valence-electron chi connectivity index (χ1n) is 14.0. The van der Waals surface area contributed by atoms with Gasteiger partial charge >= 0.3 is 6.03 Å². The maximum Gasteiger partial charge on any atom is 0.317 e. The van der Waals surface area contributed by atoms with Gasteiger partial charge in [0.1, 0.15) is 6.10 Å². The Labute approximate surface area is 247 Å². The van der Waals surface area contributed by atoms with Crippen LogP contribution in [0, 0.1) is 5.92 Å². The van der Waals surface area contributed by atoms with Gasteiger partial charge in [-0.2, -0.15) is 0 Å². The van der Waals surface area contributed by atoms with Gasteiger partial charge in [0.25, 0.3) is 15.9 Å². The molecule has 2 aromatic rings. The van der Waals surface area contributed by atoms with Crippen molar-refractivity contribution in [3.8, 4) is 5.75 Å². The zero-order valence-corrected chi connectivity index (χ0v) is 25.2. The number of amides is 3. The number of aliphatic hydroxyl groups is 1. The van der Waals surface area contributed by atoms with Crippen LogP contribution in [-0.2, 0) is 10.0 Å². The van der Waals surface area contributed by atoms with Gasteiger partial charge in [0, 0.05) is 30.6 Å². The standard InChI is InChI=1S/C29H39ClN4O6S/c1-19-16-34(20(2)18-35)28(36)24-10-7-11-25(32-41(38,39)23-14-12-21(30)13-15-23)27(24)40-26(19)17-33(3)29(37)31-22-8-5-4-6-9-22/h7,10-15,19-20,22,26,32,35H,4-6,8-9,16-18H2,1-3H3,(H,31,37)/t19-,20-,26-/m0/s1. The highest BCUT2D eigenvalue weighted by atomic mass is 35.5. The summed E-state index contributed by atoms with van der Waals surface area (Å²) in [5.74, 6) is -0.572. The van der Waals surface area contributed by atoms with Gasteiger partial charge in [0.05, 0.1) is 35.3 Å². The number of para-hydroxylation sites is 1. The lowest BCUT2D eigenvalue weighted by atomic mass is 9.96. The summed E-state index contributed by atoms with van der Waals surface area (Å²) >= 11 is 5.94. The number of urea groups is 1. The minimum absolute atomic E-state index is 0.00348. The Morgan fingerprint density at radius 3 is 2.51 bits per heavy atom. The van der Waals surface area contributed by atoms with Gasteiger partial charge in [0.2, 0.25) is 0 Å². The van der Waals surface area contributed by atoms with Crippen LogP contribution >= 0.6 is 11.6 Å². The molecule has 1 aliphatic heterocycles. The van der Waals surface area contributed by atoms with Gasteiger partial charge in [-0.15, -0.1) is 0 Å². The number of likely N-dealkylation sites (N-methyl/N-ethyl adjacent to an activating group) is 1. The van der Waals surface area contributed by atoms with Crippen LogP contribution in [0.15, 0.2) is 47.4 Å². The Morgan fingerprint density at radius 1 is 1.17 bits per heavy atom. The average Bonchev–Trinajstić information content (AvgIpc) is 2.95. The van der Waals surface area contributed by atoms with Gasteiger partial charge in [0.15, 0.2) is 5.75 Å². The summed E-state index contributed by atoms with van der Waals surface area (Å²) in [5.41, 5.74) is 0.253. The van der Waals surface area contributed by atoms with Crippen LogP contribution in [0.1, 0.15) is 56.3 Å². The monoisotopic (exact) mass is 606 g/mol. The van der Waals surface area contributed by atoms with Crippen molar-refractivity contribution >= 4 is 39.2 Å². The number of aliphatic hydroxyl groups excluding tert-OH is 1.